The highest BCUT2D eigenvalue weighted by Gasteiger charge is 2.07. The molecule has 3 nitrogen and oxygen atoms in total. The van der Waals surface area contributed by atoms with Crippen LogP contribution in [-0.4, -0.2) is 16.3 Å². The number of rotatable bonds is 2. The average molecular weight is 167 g/mol. The molecule has 0 heterocycles. The van der Waals surface area contributed by atoms with E-state index in [0.29, 0.717) is 12.0 Å². The van der Waals surface area contributed by atoms with Gasteiger partial charge in [0.2, 0.25) is 0 Å². The molecule has 12 heavy (non-hydrogen) atoms. The molecule has 1 unspecified atom stereocenters. The van der Waals surface area contributed by atoms with Crippen molar-refractivity contribution in [1.82, 2.24) is 0 Å². The van der Waals surface area contributed by atoms with E-state index in [0.717, 1.165) is 0 Å². The van der Waals surface area contributed by atoms with Gasteiger partial charge in [0.25, 0.3) is 0 Å². The van der Waals surface area contributed by atoms with Gasteiger partial charge in [-0.15, -0.1) is 0 Å². The lowest BCUT2D eigenvalue weighted by molar-refractivity contribution is 0.435. The Morgan fingerprint density at radius 3 is 2.25 bits per heavy atom. The van der Waals surface area contributed by atoms with Crippen molar-refractivity contribution < 1.29 is 10.2 Å². The summed E-state index contributed by atoms with van der Waals surface area (Å²) in [7, 11) is 0. The number of aromatic hydroxyl groups is 2. The fourth-order valence-corrected chi connectivity index (χ4v) is 1.09. The van der Waals surface area contributed by atoms with Crippen LogP contribution in [0.2, 0.25) is 0 Å². The molecule has 1 atom stereocenters. The Morgan fingerprint density at radius 1 is 1.33 bits per heavy atom. The lowest BCUT2D eigenvalue weighted by Gasteiger charge is -2.08. The standard InChI is InChI=1S/C9H13NO2/c1-6(10)5-7-8(11)3-2-4-9(7)12/h2-4,6,11-12H,5,10H2,1H3. The van der Waals surface area contributed by atoms with E-state index < -0.39 is 0 Å². The van der Waals surface area contributed by atoms with E-state index in [1.165, 1.54) is 12.1 Å². The summed E-state index contributed by atoms with van der Waals surface area (Å²) >= 11 is 0. The number of hydrogen-bond acceptors (Lipinski definition) is 3. The molecule has 0 bridgehead atoms. The van der Waals surface area contributed by atoms with Gasteiger partial charge in [0.05, 0.1) is 0 Å². The summed E-state index contributed by atoms with van der Waals surface area (Å²) in [5.41, 5.74) is 6.06. The zero-order chi connectivity index (χ0) is 9.14. The van der Waals surface area contributed by atoms with Gasteiger partial charge in [0.1, 0.15) is 11.5 Å². The van der Waals surface area contributed by atoms with Crippen molar-refractivity contribution in [1.29, 1.82) is 0 Å². The third kappa shape index (κ3) is 1.89. The van der Waals surface area contributed by atoms with Gasteiger partial charge in [-0.3, -0.25) is 0 Å². The maximum absolute atomic E-state index is 9.32. The van der Waals surface area contributed by atoms with Gasteiger partial charge < -0.3 is 15.9 Å². The SMILES string of the molecule is CC(N)Cc1c(O)cccc1O. The first-order valence-electron chi connectivity index (χ1n) is 3.86. The molecular weight excluding hydrogens is 154 g/mol. The maximum Gasteiger partial charge on any atom is 0.122 e. The van der Waals surface area contributed by atoms with Crippen LogP contribution in [0.15, 0.2) is 18.2 Å². The van der Waals surface area contributed by atoms with E-state index in [-0.39, 0.29) is 17.5 Å². The van der Waals surface area contributed by atoms with Crippen LogP contribution in [0.25, 0.3) is 0 Å². The van der Waals surface area contributed by atoms with Crippen molar-refractivity contribution >= 4 is 0 Å². The number of benzene rings is 1. The third-order valence-corrected chi connectivity index (χ3v) is 1.65. The van der Waals surface area contributed by atoms with Crippen LogP contribution in [0, 0.1) is 0 Å². The minimum atomic E-state index is -0.0656. The Balaban J connectivity index is 2.96. The molecule has 1 aromatic carbocycles. The van der Waals surface area contributed by atoms with Gasteiger partial charge in [-0.2, -0.15) is 0 Å². The predicted molar refractivity (Wildman–Crippen MR) is 47.1 cm³/mol. The fraction of sp³-hybridized carbons (Fsp3) is 0.333. The van der Waals surface area contributed by atoms with E-state index in [2.05, 4.69) is 0 Å². The first-order valence-corrected chi connectivity index (χ1v) is 3.86. The van der Waals surface area contributed by atoms with E-state index in [1.807, 2.05) is 6.92 Å². The summed E-state index contributed by atoms with van der Waals surface area (Å²) in [6, 6.07) is 4.61. The van der Waals surface area contributed by atoms with Crippen molar-refractivity contribution in [2.24, 2.45) is 5.73 Å². The Hall–Kier alpha value is -1.22. The van der Waals surface area contributed by atoms with Crippen LogP contribution in [-0.2, 0) is 6.42 Å². The first kappa shape index (κ1) is 8.87. The van der Waals surface area contributed by atoms with E-state index in [4.69, 9.17) is 5.73 Å². The Morgan fingerprint density at radius 2 is 1.83 bits per heavy atom. The average Bonchev–Trinajstić information content (AvgIpc) is 1.97. The number of hydrogen-bond donors (Lipinski definition) is 3. The molecule has 0 aliphatic carbocycles. The zero-order valence-electron chi connectivity index (χ0n) is 6.99. The Bertz CT molecular complexity index is 251. The second kappa shape index (κ2) is 3.45. The molecule has 66 valence electrons. The largest absolute Gasteiger partial charge is 0.508 e. The van der Waals surface area contributed by atoms with Gasteiger partial charge in [-0.05, 0) is 25.5 Å². The van der Waals surface area contributed by atoms with E-state index >= 15 is 0 Å². The van der Waals surface area contributed by atoms with Crippen LogP contribution in [0.1, 0.15) is 12.5 Å². The fourth-order valence-electron chi connectivity index (χ4n) is 1.09. The molecule has 0 aliphatic rings. The Labute approximate surface area is 71.5 Å². The number of phenols is 2. The summed E-state index contributed by atoms with van der Waals surface area (Å²) in [5.74, 6) is 0.208. The summed E-state index contributed by atoms with van der Waals surface area (Å²) < 4.78 is 0. The van der Waals surface area contributed by atoms with Gasteiger partial charge >= 0.3 is 0 Å². The molecule has 1 rings (SSSR count). The molecule has 0 saturated heterocycles. The van der Waals surface area contributed by atoms with E-state index in [1.54, 1.807) is 6.07 Å². The van der Waals surface area contributed by atoms with Crippen LogP contribution in [0.4, 0.5) is 0 Å². The molecule has 0 amide bonds. The highest BCUT2D eigenvalue weighted by atomic mass is 16.3. The van der Waals surface area contributed by atoms with Crippen LogP contribution < -0.4 is 5.73 Å². The summed E-state index contributed by atoms with van der Waals surface area (Å²) in [6.07, 6.45) is 0.485. The molecule has 0 aromatic heterocycles. The minimum absolute atomic E-state index is 0.0656. The molecule has 0 spiro atoms. The summed E-state index contributed by atoms with van der Waals surface area (Å²) in [6.45, 7) is 1.83. The highest BCUT2D eigenvalue weighted by Crippen LogP contribution is 2.26. The summed E-state index contributed by atoms with van der Waals surface area (Å²) in [5, 5.41) is 18.6. The second-order valence-corrected chi connectivity index (χ2v) is 2.96. The van der Waals surface area contributed by atoms with Gasteiger partial charge in [-0.25, -0.2) is 0 Å². The lowest BCUT2D eigenvalue weighted by Crippen LogP contribution is -2.17. The van der Waals surface area contributed by atoms with E-state index in [9.17, 15) is 10.2 Å². The monoisotopic (exact) mass is 167 g/mol. The van der Waals surface area contributed by atoms with Crippen LogP contribution in [0.5, 0.6) is 11.5 Å². The number of nitrogens with two attached hydrogens (primary N) is 1. The van der Waals surface area contributed by atoms with Crippen molar-refractivity contribution in [3.8, 4) is 11.5 Å². The number of phenolic OH excluding ortho intramolecular Hbond substituents is 2. The summed E-state index contributed by atoms with van der Waals surface area (Å²) in [4.78, 5) is 0. The quantitative estimate of drug-likeness (QED) is 0.615. The second-order valence-electron chi connectivity index (χ2n) is 2.96. The predicted octanol–water partition coefficient (Wildman–Crippen LogP) is 0.987. The molecule has 0 fully saturated rings. The smallest absolute Gasteiger partial charge is 0.122 e. The van der Waals surface area contributed by atoms with Gasteiger partial charge in [0, 0.05) is 11.6 Å². The Kier molecular flexibility index (Phi) is 2.55. The molecule has 0 saturated carbocycles. The van der Waals surface area contributed by atoms with Crippen molar-refractivity contribution in [3.63, 3.8) is 0 Å². The first-order chi connectivity index (χ1) is 5.61. The molecule has 0 aliphatic heterocycles. The topological polar surface area (TPSA) is 66.5 Å². The lowest BCUT2D eigenvalue weighted by atomic mass is 10.1. The molecule has 0 radical (unpaired) electrons. The van der Waals surface area contributed by atoms with Crippen LogP contribution >= 0.6 is 0 Å². The van der Waals surface area contributed by atoms with Gasteiger partial charge in [-0.1, -0.05) is 6.07 Å². The highest BCUT2D eigenvalue weighted by molar-refractivity contribution is 5.43. The molecular formula is C9H13NO2. The third-order valence-electron chi connectivity index (χ3n) is 1.65. The van der Waals surface area contributed by atoms with Gasteiger partial charge in [0.15, 0.2) is 0 Å². The molecule has 1 aromatic rings. The van der Waals surface area contributed by atoms with Crippen LogP contribution in [0.3, 0.4) is 0 Å². The normalized spacial score (nSPS) is 12.8. The van der Waals surface area contributed by atoms with Crippen molar-refractivity contribution in [2.75, 3.05) is 0 Å². The molecule has 3 heteroatoms. The van der Waals surface area contributed by atoms with Crippen molar-refractivity contribution in [2.45, 2.75) is 19.4 Å². The minimum Gasteiger partial charge on any atom is -0.508 e. The van der Waals surface area contributed by atoms with Crippen molar-refractivity contribution in [3.05, 3.63) is 23.8 Å². The molecule has 4 N–H and O–H groups in total. The zero-order valence-corrected chi connectivity index (χ0v) is 6.99. The maximum atomic E-state index is 9.32.